The Hall–Kier alpha value is -1.33. The molecule has 1 aromatic carbocycles. The van der Waals surface area contributed by atoms with E-state index in [0.29, 0.717) is 23.2 Å². The molecule has 0 spiro atoms. The molecule has 0 atom stereocenters. The average molecular weight is 271 g/mol. The van der Waals surface area contributed by atoms with Crippen molar-refractivity contribution in [1.29, 1.82) is 0 Å². The van der Waals surface area contributed by atoms with Crippen molar-refractivity contribution >= 4 is 23.1 Å². The van der Waals surface area contributed by atoms with Crippen LogP contribution in [0.2, 0.25) is 4.34 Å². The predicted octanol–water partition coefficient (Wildman–Crippen LogP) is 3.17. The second-order valence-electron chi connectivity index (χ2n) is 3.19. The van der Waals surface area contributed by atoms with E-state index in [2.05, 4.69) is 9.59 Å². The molecule has 0 N–H and O–H groups in total. The fourth-order valence-corrected chi connectivity index (χ4v) is 1.86. The molecule has 0 aliphatic carbocycles. The van der Waals surface area contributed by atoms with E-state index in [1.165, 1.54) is 0 Å². The zero-order valence-corrected chi connectivity index (χ0v) is 10.8. The van der Waals surface area contributed by atoms with Crippen LogP contribution < -0.4 is 9.47 Å². The van der Waals surface area contributed by atoms with Crippen molar-refractivity contribution in [3.63, 3.8) is 0 Å². The van der Waals surface area contributed by atoms with E-state index >= 15 is 0 Å². The van der Waals surface area contributed by atoms with Gasteiger partial charge in [0.05, 0.1) is 6.61 Å². The van der Waals surface area contributed by atoms with Crippen LogP contribution in [0, 0.1) is 0 Å². The van der Waals surface area contributed by atoms with Gasteiger partial charge in [0, 0.05) is 17.6 Å². The van der Waals surface area contributed by atoms with Crippen LogP contribution in [-0.2, 0) is 6.61 Å². The van der Waals surface area contributed by atoms with E-state index in [1.54, 1.807) is 0 Å². The maximum atomic E-state index is 5.88. The highest BCUT2D eigenvalue weighted by Crippen LogP contribution is 2.22. The number of hydrogen-bond donors (Lipinski definition) is 0. The van der Waals surface area contributed by atoms with Gasteiger partial charge in [0.1, 0.15) is 28.1 Å². The van der Waals surface area contributed by atoms with Crippen LogP contribution in [0.1, 0.15) is 12.6 Å². The van der Waals surface area contributed by atoms with E-state index in [-0.39, 0.29) is 0 Å². The Morgan fingerprint density at radius 3 is 2.71 bits per heavy atom. The van der Waals surface area contributed by atoms with Crippen molar-refractivity contribution in [2.45, 2.75) is 13.5 Å². The van der Waals surface area contributed by atoms with Gasteiger partial charge in [-0.3, -0.25) is 0 Å². The topological polar surface area (TPSA) is 44.2 Å². The van der Waals surface area contributed by atoms with Crippen LogP contribution in [-0.4, -0.2) is 16.2 Å². The number of aromatic nitrogens is 2. The normalized spacial score (nSPS) is 10.2. The van der Waals surface area contributed by atoms with Gasteiger partial charge in [-0.1, -0.05) is 22.2 Å². The number of ether oxygens (including phenoxy) is 2. The number of halogens is 1. The molecule has 0 saturated carbocycles. The minimum Gasteiger partial charge on any atom is -0.494 e. The standard InChI is InChI=1S/C11H11ClN2O2S/c1-2-15-8-4-3-5-9(6-8)16-7-10-11(12)17-14-13-10/h3-6H,2,7H2,1H3. The van der Waals surface area contributed by atoms with Crippen LogP contribution in [0.25, 0.3) is 0 Å². The van der Waals surface area contributed by atoms with Gasteiger partial charge in [-0.05, 0) is 19.1 Å². The number of rotatable bonds is 5. The third-order valence-corrected chi connectivity index (χ3v) is 2.99. The minimum absolute atomic E-state index is 0.310. The summed E-state index contributed by atoms with van der Waals surface area (Å²) in [4.78, 5) is 0. The Morgan fingerprint density at radius 1 is 1.29 bits per heavy atom. The van der Waals surface area contributed by atoms with E-state index < -0.39 is 0 Å². The first-order valence-electron chi connectivity index (χ1n) is 5.12. The van der Waals surface area contributed by atoms with Gasteiger partial charge in [-0.2, -0.15) is 0 Å². The summed E-state index contributed by atoms with van der Waals surface area (Å²) in [7, 11) is 0. The van der Waals surface area contributed by atoms with E-state index in [4.69, 9.17) is 21.1 Å². The predicted molar refractivity (Wildman–Crippen MR) is 66.9 cm³/mol. The molecule has 4 nitrogen and oxygen atoms in total. The van der Waals surface area contributed by atoms with Gasteiger partial charge >= 0.3 is 0 Å². The third kappa shape index (κ3) is 3.31. The molecule has 0 amide bonds. The van der Waals surface area contributed by atoms with Crippen LogP contribution in [0.5, 0.6) is 11.5 Å². The Labute approximate surface area is 108 Å². The highest BCUT2D eigenvalue weighted by molar-refractivity contribution is 7.10. The Bertz CT molecular complexity index is 490. The lowest BCUT2D eigenvalue weighted by Crippen LogP contribution is -1.97. The molecule has 0 aliphatic rings. The molecule has 6 heteroatoms. The van der Waals surface area contributed by atoms with Gasteiger partial charge in [0.15, 0.2) is 0 Å². The molecule has 0 fully saturated rings. The molecule has 2 aromatic rings. The molecule has 17 heavy (non-hydrogen) atoms. The van der Waals surface area contributed by atoms with Crippen LogP contribution in [0.3, 0.4) is 0 Å². The van der Waals surface area contributed by atoms with Crippen molar-refractivity contribution in [1.82, 2.24) is 9.59 Å². The van der Waals surface area contributed by atoms with Gasteiger partial charge in [0.25, 0.3) is 0 Å². The van der Waals surface area contributed by atoms with Crippen molar-refractivity contribution in [2.24, 2.45) is 0 Å². The lowest BCUT2D eigenvalue weighted by Gasteiger charge is -2.07. The lowest BCUT2D eigenvalue weighted by atomic mass is 10.3. The van der Waals surface area contributed by atoms with Gasteiger partial charge in [-0.15, -0.1) is 5.10 Å². The van der Waals surface area contributed by atoms with Gasteiger partial charge in [0.2, 0.25) is 0 Å². The first-order chi connectivity index (χ1) is 8.29. The summed E-state index contributed by atoms with van der Waals surface area (Å²) in [6, 6.07) is 7.45. The van der Waals surface area contributed by atoms with Crippen LogP contribution >= 0.6 is 23.1 Å². The van der Waals surface area contributed by atoms with Crippen molar-refractivity contribution in [2.75, 3.05) is 6.61 Å². The van der Waals surface area contributed by atoms with E-state index in [9.17, 15) is 0 Å². The Balaban J connectivity index is 1.99. The zero-order valence-electron chi connectivity index (χ0n) is 9.22. The second-order valence-corrected chi connectivity index (χ2v) is 4.55. The molecular formula is C11H11ClN2O2S. The summed E-state index contributed by atoms with van der Waals surface area (Å²) in [5.41, 5.74) is 0.651. The molecular weight excluding hydrogens is 260 g/mol. The lowest BCUT2D eigenvalue weighted by molar-refractivity contribution is 0.295. The second kappa shape index (κ2) is 5.84. The molecule has 0 bridgehead atoms. The van der Waals surface area contributed by atoms with Crippen molar-refractivity contribution in [3.05, 3.63) is 34.3 Å². The number of hydrogen-bond acceptors (Lipinski definition) is 5. The largest absolute Gasteiger partial charge is 0.494 e. The molecule has 2 rings (SSSR count). The SMILES string of the molecule is CCOc1cccc(OCc2nnsc2Cl)c1. The number of nitrogens with zero attached hydrogens (tertiary/aromatic N) is 2. The highest BCUT2D eigenvalue weighted by Gasteiger charge is 2.06. The number of benzene rings is 1. The molecule has 90 valence electrons. The summed E-state index contributed by atoms with van der Waals surface area (Å²) >= 11 is 7.03. The molecule has 0 radical (unpaired) electrons. The smallest absolute Gasteiger partial charge is 0.141 e. The first-order valence-corrected chi connectivity index (χ1v) is 6.27. The quantitative estimate of drug-likeness (QED) is 0.837. The molecule has 1 heterocycles. The highest BCUT2D eigenvalue weighted by atomic mass is 35.5. The fraction of sp³-hybridized carbons (Fsp3) is 0.273. The fourth-order valence-electron chi connectivity index (χ4n) is 1.26. The maximum absolute atomic E-state index is 5.88. The van der Waals surface area contributed by atoms with E-state index in [0.717, 1.165) is 23.0 Å². The average Bonchev–Trinajstić information content (AvgIpc) is 2.73. The van der Waals surface area contributed by atoms with Crippen LogP contribution in [0.15, 0.2) is 24.3 Å². The zero-order chi connectivity index (χ0) is 12.1. The Kier molecular flexibility index (Phi) is 4.17. The summed E-state index contributed by atoms with van der Waals surface area (Å²) in [6.07, 6.45) is 0. The molecule has 0 aliphatic heterocycles. The van der Waals surface area contributed by atoms with Crippen molar-refractivity contribution < 1.29 is 9.47 Å². The van der Waals surface area contributed by atoms with Crippen molar-refractivity contribution in [3.8, 4) is 11.5 Å². The minimum atomic E-state index is 0.310. The van der Waals surface area contributed by atoms with Gasteiger partial charge in [-0.25, -0.2) is 0 Å². The maximum Gasteiger partial charge on any atom is 0.141 e. The molecule has 1 aromatic heterocycles. The van der Waals surface area contributed by atoms with Gasteiger partial charge < -0.3 is 9.47 Å². The summed E-state index contributed by atoms with van der Waals surface area (Å²) in [5.74, 6) is 1.51. The summed E-state index contributed by atoms with van der Waals surface area (Å²) in [6.45, 7) is 2.88. The molecule has 0 unspecified atom stereocenters. The third-order valence-electron chi connectivity index (χ3n) is 2.00. The monoisotopic (exact) mass is 270 g/mol. The summed E-state index contributed by atoms with van der Waals surface area (Å²) in [5, 5.41) is 3.87. The first kappa shape index (κ1) is 12.1. The van der Waals surface area contributed by atoms with Crippen LogP contribution in [0.4, 0.5) is 0 Å². The van der Waals surface area contributed by atoms with E-state index in [1.807, 2.05) is 31.2 Å². The molecule has 0 saturated heterocycles. The summed E-state index contributed by atoms with van der Waals surface area (Å²) < 4.78 is 15.2. The Morgan fingerprint density at radius 2 is 2.06 bits per heavy atom.